The standard InChI is InChI=1S/C18H27N3O4S/c1-4-5-10-20(3)18(23)13-19-26(24,25)16-8-9-17-15(12-16)7-6-11-21(17)14(2)22/h8-9,12,19H,4-7,10-11,13H2,1-3H3. The summed E-state index contributed by atoms with van der Waals surface area (Å²) in [5.74, 6) is -0.317. The molecule has 2 amide bonds. The van der Waals surface area contributed by atoms with Crippen LogP contribution < -0.4 is 9.62 Å². The monoisotopic (exact) mass is 381 g/mol. The molecule has 0 spiro atoms. The lowest BCUT2D eigenvalue weighted by Crippen LogP contribution is -2.38. The number of benzene rings is 1. The largest absolute Gasteiger partial charge is 0.345 e. The molecule has 0 radical (unpaired) electrons. The van der Waals surface area contributed by atoms with Gasteiger partial charge in [-0.25, -0.2) is 13.1 Å². The second-order valence-electron chi connectivity index (χ2n) is 6.56. The van der Waals surface area contributed by atoms with Crippen LogP contribution in [0.4, 0.5) is 5.69 Å². The number of rotatable bonds is 7. The van der Waals surface area contributed by atoms with Crippen LogP contribution >= 0.6 is 0 Å². The number of carbonyl (C=O) groups excluding carboxylic acids is 2. The SMILES string of the molecule is CCCCN(C)C(=O)CNS(=O)(=O)c1ccc2c(c1)CCCN2C(C)=O. The molecule has 1 aliphatic rings. The summed E-state index contributed by atoms with van der Waals surface area (Å²) in [6.07, 6.45) is 3.37. The van der Waals surface area contributed by atoms with E-state index in [1.165, 1.54) is 17.9 Å². The fourth-order valence-electron chi connectivity index (χ4n) is 2.96. The molecule has 0 aromatic heterocycles. The van der Waals surface area contributed by atoms with Crippen molar-refractivity contribution in [1.82, 2.24) is 9.62 Å². The Morgan fingerprint density at radius 3 is 2.69 bits per heavy atom. The first kappa shape index (κ1) is 20.4. The number of fused-ring (bicyclic) bond motifs is 1. The highest BCUT2D eigenvalue weighted by atomic mass is 32.2. The molecule has 8 heteroatoms. The number of likely N-dealkylation sites (N-methyl/N-ethyl adjacent to an activating group) is 1. The second kappa shape index (κ2) is 8.64. The van der Waals surface area contributed by atoms with Gasteiger partial charge in [-0.1, -0.05) is 13.3 Å². The zero-order valence-electron chi connectivity index (χ0n) is 15.6. The van der Waals surface area contributed by atoms with Crippen molar-refractivity contribution in [2.45, 2.75) is 44.4 Å². The van der Waals surface area contributed by atoms with Gasteiger partial charge in [0.1, 0.15) is 0 Å². The van der Waals surface area contributed by atoms with Gasteiger partial charge in [0.2, 0.25) is 21.8 Å². The van der Waals surface area contributed by atoms with Gasteiger partial charge in [-0.2, -0.15) is 0 Å². The van der Waals surface area contributed by atoms with E-state index in [1.807, 2.05) is 6.92 Å². The molecule has 0 saturated heterocycles. The number of nitrogens with zero attached hydrogens (tertiary/aromatic N) is 2. The number of anilines is 1. The van der Waals surface area contributed by atoms with E-state index in [9.17, 15) is 18.0 Å². The first-order chi connectivity index (χ1) is 12.3. The van der Waals surface area contributed by atoms with Crippen molar-refractivity contribution in [2.24, 2.45) is 0 Å². The molecule has 1 N–H and O–H groups in total. The quantitative estimate of drug-likeness (QED) is 0.776. The highest BCUT2D eigenvalue weighted by Crippen LogP contribution is 2.29. The summed E-state index contributed by atoms with van der Waals surface area (Å²) >= 11 is 0. The highest BCUT2D eigenvalue weighted by molar-refractivity contribution is 7.89. The number of nitrogens with one attached hydrogen (secondary N) is 1. The Balaban J connectivity index is 2.10. The van der Waals surface area contributed by atoms with E-state index in [-0.39, 0.29) is 23.3 Å². The maximum atomic E-state index is 12.5. The Labute approximate surface area is 155 Å². The van der Waals surface area contributed by atoms with Crippen LogP contribution in [-0.4, -0.2) is 51.8 Å². The van der Waals surface area contributed by atoms with E-state index >= 15 is 0 Å². The molecule has 0 unspecified atom stereocenters. The van der Waals surface area contributed by atoms with E-state index in [0.29, 0.717) is 13.1 Å². The Morgan fingerprint density at radius 2 is 2.04 bits per heavy atom. The van der Waals surface area contributed by atoms with Gasteiger partial charge in [-0.15, -0.1) is 0 Å². The van der Waals surface area contributed by atoms with Crippen molar-refractivity contribution in [3.8, 4) is 0 Å². The summed E-state index contributed by atoms with van der Waals surface area (Å²) in [7, 11) is -2.11. The predicted molar refractivity (Wildman–Crippen MR) is 101 cm³/mol. The Hall–Kier alpha value is -1.93. The van der Waals surface area contributed by atoms with Crippen molar-refractivity contribution in [1.29, 1.82) is 0 Å². The number of aryl methyl sites for hydroxylation is 1. The summed E-state index contributed by atoms with van der Waals surface area (Å²) in [5, 5.41) is 0. The number of sulfonamides is 1. The van der Waals surface area contributed by atoms with E-state index in [4.69, 9.17) is 0 Å². The number of unbranched alkanes of at least 4 members (excludes halogenated alkanes) is 1. The van der Waals surface area contributed by atoms with Gasteiger partial charge >= 0.3 is 0 Å². The Kier molecular flexibility index (Phi) is 6.77. The molecule has 2 rings (SSSR count). The van der Waals surface area contributed by atoms with Crippen LogP contribution in [0.3, 0.4) is 0 Å². The Morgan fingerprint density at radius 1 is 1.31 bits per heavy atom. The van der Waals surface area contributed by atoms with Crippen LogP contribution in [0.15, 0.2) is 23.1 Å². The van der Waals surface area contributed by atoms with Crippen LogP contribution in [0.2, 0.25) is 0 Å². The topological polar surface area (TPSA) is 86.8 Å². The van der Waals surface area contributed by atoms with Crippen molar-refractivity contribution in [3.63, 3.8) is 0 Å². The zero-order valence-corrected chi connectivity index (χ0v) is 16.4. The first-order valence-electron chi connectivity index (χ1n) is 8.91. The molecule has 1 aliphatic heterocycles. The molecule has 144 valence electrons. The third-order valence-electron chi connectivity index (χ3n) is 4.55. The lowest BCUT2D eigenvalue weighted by molar-refractivity contribution is -0.128. The maximum absolute atomic E-state index is 12.5. The van der Waals surface area contributed by atoms with E-state index < -0.39 is 10.0 Å². The minimum Gasteiger partial charge on any atom is -0.345 e. The van der Waals surface area contributed by atoms with Crippen LogP contribution in [0.1, 0.15) is 38.7 Å². The molecule has 1 aromatic rings. The fourth-order valence-corrected chi connectivity index (χ4v) is 3.99. The smallest absolute Gasteiger partial charge is 0.241 e. The van der Waals surface area contributed by atoms with E-state index in [0.717, 1.165) is 36.9 Å². The molecule has 26 heavy (non-hydrogen) atoms. The lowest BCUT2D eigenvalue weighted by atomic mass is 10.0. The van der Waals surface area contributed by atoms with E-state index in [1.54, 1.807) is 24.1 Å². The minimum atomic E-state index is -3.78. The molecule has 0 atom stereocenters. The van der Waals surface area contributed by atoms with Crippen molar-refractivity contribution in [2.75, 3.05) is 31.6 Å². The highest BCUT2D eigenvalue weighted by Gasteiger charge is 2.23. The number of hydrogen-bond acceptors (Lipinski definition) is 4. The normalized spacial score (nSPS) is 14.0. The predicted octanol–water partition coefficient (Wildman–Crippen LogP) is 1.52. The third-order valence-corrected chi connectivity index (χ3v) is 5.95. The van der Waals surface area contributed by atoms with Crippen LogP contribution in [-0.2, 0) is 26.0 Å². The summed E-state index contributed by atoms with van der Waals surface area (Å²) in [5.41, 5.74) is 1.60. The average molecular weight is 381 g/mol. The van der Waals surface area contributed by atoms with Gasteiger partial charge < -0.3 is 9.80 Å². The van der Waals surface area contributed by atoms with Crippen LogP contribution in [0.5, 0.6) is 0 Å². The van der Waals surface area contributed by atoms with Crippen LogP contribution in [0, 0.1) is 0 Å². The molecule has 1 heterocycles. The molecule has 0 aliphatic carbocycles. The molecule has 0 bridgehead atoms. The summed E-state index contributed by atoms with van der Waals surface area (Å²) in [4.78, 5) is 27.1. The van der Waals surface area contributed by atoms with Crippen molar-refractivity contribution in [3.05, 3.63) is 23.8 Å². The number of hydrogen-bond donors (Lipinski definition) is 1. The van der Waals surface area contributed by atoms with Gasteiger partial charge in [0, 0.05) is 32.7 Å². The first-order valence-corrected chi connectivity index (χ1v) is 10.4. The van der Waals surface area contributed by atoms with Crippen molar-refractivity contribution >= 4 is 27.5 Å². The summed E-state index contributed by atoms with van der Waals surface area (Å²) < 4.78 is 27.4. The number of amides is 2. The third kappa shape index (κ3) is 4.82. The molecule has 7 nitrogen and oxygen atoms in total. The summed E-state index contributed by atoms with van der Waals surface area (Å²) in [6, 6.07) is 4.74. The maximum Gasteiger partial charge on any atom is 0.241 e. The zero-order chi connectivity index (χ0) is 19.3. The van der Waals surface area contributed by atoms with Gasteiger partial charge in [-0.05, 0) is 43.0 Å². The van der Waals surface area contributed by atoms with Crippen molar-refractivity contribution < 1.29 is 18.0 Å². The Bertz CT molecular complexity index is 777. The molecule has 1 aromatic carbocycles. The fraction of sp³-hybridized carbons (Fsp3) is 0.556. The minimum absolute atomic E-state index is 0.0552. The molecule has 0 fully saturated rings. The van der Waals surface area contributed by atoms with Gasteiger partial charge in [0.25, 0.3) is 0 Å². The average Bonchev–Trinajstić information content (AvgIpc) is 2.62. The lowest BCUT2D eigenvalue weighted by Gasteiger charge is -2.28. The van der Waals surface area contributed by atoms with E-state index in [2.05, 4.69) is 4.72 Å². The van der Waals surface area contributed by atoms with Gasteiger partial charge in [0.15, 0.2) is 0 Å². The van der Waals surface area contributed by atoms with Gasteiger partial charge in [-0.3, -0.25) is 9.59 Å². The molecular formula is C18H27N3O4S. The number of carbonyl (C=O) groups is 2. The second-order valence-corrected chi connectivity index (χ2v) is 8.33. The van der Waals surface area contributed by atoms with Gasteiger partial charge in [0.05, 0.1) is 11.4 Å². The molecule has 0 saturated carbocycles. The molecular weight excluding hydrogens is 354 g/mol. The van der Waals surface area contributed by atoms with Crippen LogP contribution in [0.25, 0.3) is 0 Å². The summed E-state index contributed by atoms with van der Waals surface area (Å²) in [6.45, 7) is 4.52.